The fourth-order valence-corrected chi connectivity index (χ4v) is 2.97. The minimum Gasteiger partial charge on any atom is -0.312 e. The number of likely N-dealkylation sites (tertiary alicyclic amines) is 1. The molecule has 0 aromatic heterocycles. The summed E-state index contributed by atoms with van der Waals surface area (Å²) in [5, 5.41) is 3.67. The van der Waals surface area contributed by atoms with Crippen molar-refractivity contribution in [3.05, 3.63) is 0 Å². The van der Waals surface area contributed by atoms with Crippen molar-refractivity contribution in [2.75, 3.05) is 26.2 Å². The van der Waals surface area contributed by atoms with E-state index < -0.39 is 0 Å². The maximum absolute atomic E-state index is 3.67. The Hall–Kier alpha value is -0.0800. The number of hydrogen-bond donors (Lipinski definition) is 1. The Bertz CT molecular complexity index is 228. The summed E-state index contributed by atoms with van der Waals surface area (Å²) in [7, 11) is 0. The van der Waals surface area contributed by atoms with Gasteiger partial charge in [-0.1, -0.05) is 6.42 Å². The second-order valence-electron chi connectivity index (χ2n) is 7.20. The molecule has 0 spiro atoms. The summed E-state index contributed by atoms with van der Waals surface area (Å²) in [5.41, 5.74) is 0.274. The van der Waals surface area contributed by atoms with Crippen LogP contribution in [0.1, 0.15) is 52.9 Å². The molecule has 1 saturated heterocycles. The maximum atomic E-state index is 3.67. The highest BCUT2D eigenvalue weighted by atomic mass is 15.1. The smallest absolute Gasteiger partial charge is 0.00966 e. The van der Waals surface area contributed by atoms with Gasteiger partial charge >= 0.3 is 0 Å². The molecular formula is C15H30N2. The lowest BCUT2D eigenvalue weighted by Gasteiger charge is -2.38. The molecule has 1 saturated carbocycles. The van der Waals surface area contributed by atoms with E-state index in [4.69, 9.17) is 0 Å². The van der Waals surface area contributed by atoms with Gasteiger partial charge in [-0.25, -0.2) is 0 Å². The number of hydrogen-bond acceptors (Lipinski definition) is 2. The van der Waals surface area contributed by atoms with Crippen molar-refractivity contribution in [1.82, 2.24) is 10.2 Å². The molecule has 1 heterocycles. The maximum Gasteiger partial charge on any atom is 0.00966 e. The molecule has 0 bridgehead atoms. The molecule has 0 aromatic carbocycles. The van der Waals surface area contributed by atoms with Gasteiger partial charge in [0.25, 0.3) is 0 Å². The normalized spacial score (nSPS) is 28.1. The van der Waals surface area contributed by atoms with E-state index in [1.54, 1.807) is 0 Å². The van der Waals surface area contributed by atoms with E-state index in [1.165, 1.54) is 58.3 Å². The first kappa shape index (κ1) is 13.4. The van der Waals surface area contributed by atoms with Gasteiger partial charge in [0.2, 0.25) is 0 Å². The van der Waals surface area contributed by atoms with Crippen LogP contribution in [0, 0.1) is 11.8 Å². The summed E-state index contributed by atoms with van der Waals surface area (Å²) >= 11 is 0. The molecule has 2 aliphatic rings. The van der Waals surface area contributed by atoms with Gasteiger partial charge in [0.05, 0.1) is 0 Å². The van der Waals surface area contributed by atoms with Crippen molar-refractivity contribution in [2.45, 2.75) is 58.4 Å². The third-order valence-corrected chi connectivity index (χ3v) is 4.27. The Balaban J connectivity index is 1.68. The van der Waals surface area contributed by atoms with Gasteiger partial charge in [0.1, 0.15) is 0 Å². The monoisotopic (exact) mass is 238 g/mol. The van der Waals surface area contributed by atoms with Gasteiger partial charge in [-0.05, 0) is 71.4 Å². The lowest BCUT2D eigenvalue weighted by molar-refractivity contribution is 0.120. The van der Waals surface area contributed by atoms with E-state index >= 15 is 0 Å². The molecule has 2 fully saturated rings. The molecule has 2 rings (SSSR count). The highest BCUT2D eigenvalue weighted by molar-refractivity contribution is 4.81. The second-order valence-corrected chi connectivity index (χ2v) is 7.20. The van der Waals surface area contributed by atoms with Crippen LogP contribution in [0.15, 0.2) is 0 Å². The van der Waals surface area contributed by atoms with Crippen LogP contribution in [0.5, 0.6) is 0 Å². The summed E-state index contributed by atoms with van der Waals surface area (Å²) in [6.45, 7) is 12.1. The van der Waals surface area contributed by atoms with Crippen LogP contribution in [-0.2, 0) is 0 Å². The average Bonchev–Trinajstić information content (AvgIpc) is 2.20. The van der Waals surface area contributed by atoms with E-state index in [9.17, 15) is 0 Å². The molecule has 100 valence electrons. The van der Waals surface area contributed by atoms with Gasteiger partial charge in [-0.2, -0.15) is 0 Å². The van der Waals surface area contributed by atoms with E-state index in [0.717, 1.165) is 11.8 Å². The van der Waals surface area contributed by atoms with E-state index in [-0.39, 0.29) is 5.54 Å². The highest BCUT2D eigenvalue weighted by Gasteiger charge is 2.25. The van der Waals surface area contributed by atoms with Crippen LogP contribution in [0.25, 0.3) is 0 Å². The zero-order chi connectivity index (χ0) is 12.3. The zero-order valence-corrected chi connectivity index (χ0v) is 12.0. The molecule has 0 amide bonds. The average molecular weight is 238 g/mol. The summed E-state index contributed by atoms with van der Waals surface area (Å²) in [6.07, 6.45) is 7.28. The Kier molecular flexibility index (Phi) is 4.48. The minimum absolute atomic E-state index is 0.274. The molecule has 1 N–H and O–H groups in total. The Labute approximate surface area is 107 Å². The SMILES string of the molecule is CC(C)(C)NCC1CCCN(CC2CCC2)C1. The molecule has 17 heavy (non-hydrogen) atoms. The minimum atomic E-state index is 0.274. The highest BCUT2D eigenvalue weighted by Crippen LogP contribution is 2.28. The fourth-order valence-electron chi connectivity index (χ4n) is 2.97. The Morgan fingerprint density at radius 2 is 1.76 bits per heavy atom. The standard InChI is InChI=1S/C15H30N2/c1-15(2,3)16-10-14-8-5-9-17(12-14)11-13-6-4-7-13/h13-14,16H,4-12H2,1-3H3. The largest absolute Gasteiger partial charge is 0.312 e. The summed E-state index contributed by atoms with van der Waals surface area (Å²) < 4.78 is 0. The Morgan fingerprint density at radius 3 is 2.35 bits per heavy atom. The van der Waals surface area contributed by atoms with Crippen molar-refractivity contribution >= 4 is 0 Å². The van der Waals surface area contributed by atoms with Crippen LogP contribution in [0.4, 0.5) is 0 Å². The van der Waals surface area contributed by atoms with Gasteiger partial charge in [0.15, 0.2) is 0 Å². The first-order valence-corrected chi connectivity index (χ1v) is 7.50. The predicted octanol–water partition coefficient (Wildman–Crippen LogP) is 2.89. The van der Waals surface area contributed by atoms with Crippen molar-refractivity contribution in [2.24, 2.45) is 11.8 Å². The number of nitrogens with one attached hydrogen (secondary N) is 1. The lowest BCUT2D eigenvalue weighted by Crippen LogP contribution is -2.46. The Morgan fingerprint density at radius 1 is 1.06 bits per heavy atom. The predicted molar refractivity (Wildman–Crippen MR) is 74.3 cm³/mol. The topological polar surface area (TPSA) is 15.3 Å². The lowest BCUT2D eigenvalue weighted by atomic mass is 9.84. The quantitative estimate of drug-likeness (QED) is 0.810. The van der Waals surface area contributed by atoms with Gasteiger partial charge in [-0.3, -0.25) is 0 Å². The summed E-state index contributed by atoms with van der Waals surface area (Å²) in [6, 6.07) is 0. The second kappa shape index (κ2) is 5.71. The third kappa shape index (κ3) is 4.59. The fraction of sp³-hybridized carbons (Fsp3) is 1.00. The van der Waals surface area contributed by atoms with Crippen LogP contribution in [0.2, 0.25) is 0 Å². The summed E-state index contributed by atoms with van der Waals surface area (Å²) in [4.78, 5) is 2.72. The van der Waals surface area contributed by atoms with E-state index in [0.29, 0.717) is 0 Å². The molecule has 0 aromatic rings. The van der Waals surface area contributed by atoms with Gasteiger partial charge in [-0.15, -0.1) is 0 Å². The molecular weight excluding hydrogens is 208 g/mol. The molecule has 2 heteroatoms. The summed E-state index contributed by atoms with van der Waals surface area (Å²) in [5.74, 6) is 1.91. The van der Waals surface area contributed by atoms with Crippen LogP contribution in [-0.4, -0.2) is 36.6 Å². The van der Waals surface area contributed by atoms with Crippen molar-refractivity contribution in [3.8, 4) is 0 Å². The first-order chi connectivity index (χ1) is 8.03. The van der Waals surface area contributed by atoms with Crippen molar-refractivity contribution in [1.29, 1.82) is 0 Å². The molecule has 1 aliphatic carbocycles. The molecule has 0 radical (unpaired) electrons. The molecule has 1 atom stereocenters. The van der Waals surface area contributed by atoms with Crippen LogP contribution >= 0.6 is 0 Å². The zero-order valence-electron chi connectivity index (χ0n) is 12.0. The van der Waals surface area contributed by atoms with Gasteiger partial charge in [0, 0.05) is 18.6 Å². The van der Waals surface area contributed by atoms with Crippen molar-refractivity contribution in [3.63, 3.8) is 0 Å². The van der Waals surface area contributed by atoms with E-state index in [2.05, 4.69) is 31.0 Å². The third-order valence-electron chi connectivity index (χ3n) is 4.27. The van der Waals surface area contributed by atoms with Crippen LogP contribution in [0.3, 0.4) is 0 Å². The number of nitrogens with zero attached hydrogens (tertiary/aromatic N) is 1. The number of rotatable bonds is 4. The molecule has 1 aliphatic heterocycles. The van der Waals surface area contributed by atoms with Crippen molar-refractivity contribution < 1.29 is 0 Å². The first-order valence-electron chi connectivity index (χ1n) is 7.50. The van der Waals surface area contributed by atoms with Crippen LogP contribution < -0.4 is 5.32 Å². The number of piperidine rings is 1. The molecule has 2 nitrogen and oxygen atoms in total. The molecule has 1 unspecified atom stereocenters. The van der Waals surface area contributed by atoms with E-state index in [1.807, 2.05) is 0 Å². The van der Waals surface area contributed by atoms with Gasteiger partial charge < -0.3 is 10.2 Å².